The third-order valence-electron chi connectivity index (χ3n) is 14.7. The predicted octanol–water partition coefficient (Wildman–Crippen LogP) is 10.6. The number of carbonyl (C=O) groups excluding carboxylic acids is 4. The number of halogens is 2. The molecule has 2 atom stereocenters. The highest BCUT2D eigenvalue weighted by Crippen LogP contribution is 2.29. The number of amides is 4. The number of nitrogens with zero attached hydrogens (tertiary/aromatic N) is 7. The van der Waals surface area contributed by atoms with E-state index < -0.39 is 35.0 Å². The highest BCUT2D eigenvalue weighted by molar-refractivity contribution is 7.13. The fraction of sp³-hybridized carbons (Fsp3) is 0.508. The Kier molecular flexibility index (Phi) is 26.1. The molecule has 1 aliphatic heterocycles. The van der Waals surface area contributed by atoms with Gasteiger partial charge in [0.15, 0.2) is 11.6 Å². The second-order valence-electron chi connectivity index (χ2n) is 22.2. The molecule has 0 saturated carbocycles. The highest BCUT2D eigenvalue weighted by atomic mass is 32.1. The molecule has 7 rings (SSSR count). The molecule has 0 bridgehead atoms. The van der Waals surface area contributed by atoms with Gasteiger partial charge in [0.05, 0.1) is 22.6 Å². The van der Waals surface area contributed by atoms with E-state index >= 15 is 0 Å². The predicted molar refractivity (Wildman–Crippen MR) is 320 cm³/mol. The summed E-state index contributed by atoms with van der Waals surface area (Å²) in [7, 11) is 0. The second-order valence-corrected chi connectivity index (χ2v) is 23.1. The molecule has 6 aromatic rings. The number of ether oxygens (including phenoxy) is 3. The number of anilines is 1. The minimum Gasteiger partial charge on any atom is -0.381 e. The average molecular weight is 1180 g/mol. The number of likely N-dealkylation sites (tertiary alicyclic amines) is 1. The minimum absolute atomic E-state index is 0.156. The first-order chi connectivity index (χ1) is 40.8. The van der Waals surface area contributed by atoms with Crippen LogP contribution >= 0.6 is 11.3 Å². The SMILES string of the molecule is Cc1ncsc1-c1ccc(CNC(=O)[C@@H]2CCCN2C(=O)C(NC(=O)CCCCCOCCCCCOCCCCCCOCCCn2c(CNc3cccc(C(=O)NCc4c(F)cccc4F)c3)nnc2-c2ccncn2)C(C)(C)C)cc1. The molecule has 4 amide bonds. The molecule has 4 heterocycles. The maximum Gasteiger partial charge on any atom is 0.251 e. The Morgan fingerprint density at radius 1 is 0.738 bits per heavy atom. The van der Waals surface area contributed by atoms with Crippen LogP contribution < -0.4 is 21.3 Å². The summed E-state index contributed by atoms with van der Waals surface area (Å²) in [4.78, 5) is 69.0. The smallest absolute Gasteiger partial charge is 0.251 e. The first-order valence-electron chi connectivity index (χ1n) is 29.6. The first-order valence-corrected chi connectivity index (χ1v) is 30.5. The molecule has 21 heteroatoms. The maximum atomic E-state index is 14.1. The van der Waals surface area contributed by atoms with Crippen molar-refractivity contribution in [3.63, 3.8) is 0 Å². The number of carbonyl (C=O) groups is 4. The van der Waals surface area contributed by atoms with Crippen LogP contribution in [0.3, 0.4) is 0 Å². The van der Waals surface area contributed by atoms with Gasteiger partial charge in [-0.1, -0.05) is 76.4 Å². The van der Waals surface area contributed by atoms with Gasteiger partial charge < -0.3 is 44.9 Å². The summed E-state index contributed by atoms with van der Waals surface area (Å²) in [6, 6.07) is 19.0. The molecule has 3 aromatic heterocycles. The normalized spacial score (nSPS) is 13.7. The van der Waals surface area contributed by atoms with Crippen molar-refractivity contribution in [3.05, 3.63) is 131 Å². The van der Waals surface area contributed by atoms with E-state index in [9.17, 15) is 28.0 Å². The molecule has 0 radical (unpaired) electrons. The Bertz CT molecular complexity index is 2970. The Balaban J connectivity index is 0.671. The summed E-state index contributed by atoms with van der Waals surface area (Å²) in [5.74, 6) is -1.17. The molecule has 84 heavy (non-hydrogen) atoms. The van der Waals surface area contributed by atoms with E-state index in [1.165, 1.54) is 12.4 Å². The van der Waals surface area contributed by atoms with E-state index in [-0.39, 0.29) is 29.8 Å². The standard InChI is InChI=1S/C63H83F2N11O7S/c1-45-57(84-44-71-45)47-27-25-46(26-28-47)40-68-61(79)54-23-17-31-75(54)62(80)58(63(2,3)4)72-56(77)24-9-7-12-35-82-37-14-8-13-36-81-33-10-5-6-11-34-83-38-18-32-76-55(73-74-59(76)53-29-30-66-43-70-53)42-67-49-20-15-19-48(39-49)60(78)69-41-50-51(64)21-16-22-52(50)65/h15-16,19-22,25-30,39,43-44,54,58,67H,5-14,17-18,23-24,31-38,40-42H2,1-4H3,(H,68,79)(H,69,78)(H,72,77)/t54-,58?/m0/s1. The number of hydrogen-bond acceptors (Lipinski definition) is 14. The van der Waals surface area contributed by atoms with E-state index in [4.69, 9.17) is 14.2 Å². The van der Waals surface area contributed by atoms with Gasteiger partial charge in [0.2, 0.25) is 17.7 Å². The summed E-state index contributed by atoms with van der Waals surface area (Å²) in [5.41, 5.74) is 5.80. The van der Waals surface area contributed by atoms with Gasteiger partial charge in [-0.05, 0) is 124 Å². The number of hydrogen-bond donors (Lipinski definition) is 4. The number of aryl methyl sites for hydroxylation is 1. The van der Waals surface area contributed by atoms with Crippen molar-refractivity contribution in [2.45, 2.75) is 156 Å². The number of rotatable bonds is 36. The van der Waals surface area contributed by atoms with Crippen molar-refractivity contribution >= 4 is 40.7 Å². The van der Waals surface area contributed by atoms with Gasteiger partial charge in [-0.3, -0.25) is 19.2 Å². The summed E-state index contributed by atoms with van der Waals surface area (Å²) < 4.78 is 48.0. The van der Waals surface area contributed by atoms with Crippen molar-refractivity contribution in [1.29, 1.82) is 0 Å². The molecule has 18 nitrogen and oxygen atoms in total. The van der Waals surface area contributed by atoms with Gasteiger partial charge in [-0.15, -0.1) is 21.5 Å². The Morgan fingerprint density at radius 3 is 2.04 bits per heavy atom. The lowest BCUT2D eigenvalue weighted by atomic mass is 9.85. The zero-order valence-electron chi connectivity index (χ0n) is 49.1. The molecule has 1 fully saturated rings. The van der Waals surface area contributed by atoms with Crippen LogP contribution in [0.2, 0.25) is 0 Å². The highest BCUT2D eigenvalue weighted by Gasteiger charge is 2.41. The topological polar surface area (TPSA) is 217 Å². The second kappa shape index (κ2) is 34.0. The van der Waals surface area contributed by atoms with Crippen molar-refractivity contribution in [3.8, 4) is 22.0 Å². The lowest BCUT2D eigenvalue weighted by Crippen LogP contribution is -2.57. The molecule has 452 valence electrons. The van der Waals surface area contributed by atoms with Crippen LogP contribution in [-0.2, 0) is 54.8 Å². The third-order valence-corrected chi connectivity index (χ3v) is 15.6. The number of nitrogens with one attached hydrogen (secondary N) is 4. The molecule has 0 aliphatic carbocycles. The molecule has 1 saturated heterocycles. The lowest BCUT2D eigenvalue weighted by Gasteiger charge is -2.35. The fourth-order valence-corrected chi connectivity index (χ4v) is 10.7. The Hall–Kier alpha value is -7.07. The molecular formula is C63H83F2N11O7S. The summed E-state index contributed by atoms with van der Waals surface area (Å²) >= 11 is 1.60. The van der Waals surface area contributed by atoms with Crippen LogP contribution in [-0.4, -0.2) is 117 Å². The monoisotopic (exact) mass is 1180 g/mol. The zero-order valence-corrected chi connectivity index (χ0v) is 50.0. The van der Waals surface area contributed by atoms with Crippen LogP contribution in [0.1, 0.15) is 144 Å². The number of aromatic nitrogens is 6. The van der Waals surface area contributed by atoms with E-state index in [1.54, 1.807) is 46.7 Å². The first kappa shape index (κ1) is 64.5. The Labute approximate surface area is 496 Å². The number of benzene rings is 3. The van der Waals surface area contributed by atoms with Gasteiger partial charge in [0.25, 0.3) is 5.91 Å². The lowest BCUT2D eigenvalue weighted by molar-refractivity contribution is -0.143. The van der Waals surface area contributed by atoms with Gasteiger partial charge in [-0.2, -0.15) is 0 Å². The van der Waals surface area contributed by atoms with Crippen LogP contribution in [0.4, 0.5) is 14.5 Å². The van der Waals surface area contributed by atoms with Crippen molar-refractivity contribution in [1.82, 2.24) is 50.6 Å². The van der Waals surface area contributed by atoms with E-state index in [0.29, 0.717) is 100 Å². The summed E-state index contributed by atoms with van der Waals surface area (Å²) in [6.45, 7) is 13.4. The fourth-order valence-electron chi connectivity index (χ4n) is 9.89. The summed E-state index contributed by atoms with van der Waals surface area (Å²) in [5, 5.41) is 20.9. The van der Waals surface area contributed by atoms with Gasteiger partial charge >= 0.3 is 0 Å². The van der Waals surface area contributed by atoms with Crippen LogP contribution in [0.5, 0.6) is 0 Å². The Morgan fingerprint density at radius 2 is 1.39 bits per heavy atom. The molecular weight excluding hydrogens is 1090 g/mol. The van der Waals surface area contributed by atoms with Crippen molar-refractivity contribution in [2.75, 3.05) is 51.5 Å². The van der Waals surface area contributed by atoms with E-state index in [0.717, 1.165) is 118 Å². The van der Waals surface area contributed by atoms with Gasteiger partial charge in [-0.25, -0.2) is 23.7 Å². The zero-order chi connectivity index (χ0) is 59.5. The molecule has 0 spiro atoms. The van der Waals surface area contributed by atoms with E-state index in [1.807, 2.05) is 68.1 Å². The van der Waals surface area contributed by atoms with Crippen molar-refractivity contribution in [2.24, 2.45) is 5.41 Å². The minimum atomic E-state index is -0.742. The average Bonchev–Trinajstić information content (AvgIpc) is 4.48. The number of unbranched alkanes of at least 4 members (excludes halogenated alkanes) is 7. The van der Waals surface area contributed by atoms with E-state index in [2.05, 4.69) is 46.4 Å². The molecule has 4 N–H and O–H groups in total. The number of thiazole rings is 1. The largest absolute Gasteiger partial charge is 0.381 e. The maximum absolute atomic E-state index is 14.1. The third kappa shape index (κ3) is 20.3. The molecule has 3 aromatic carbocycles. The van der Waals surface area contributed by atoms with Crippen LogP contribution in [0.25, 0.3) is 22.0 Å². The molecule has 1 unspecified atom stereocenters. The van der Waals surface area contributed by atoms with Gasteiger partial charge in [0.1, 0.15) is 35.7 Å². The van der Waals surface area contributed by atoms with Crippen LogP contribution in [0.15, 0.2) is 90.8 Å². The van der Waals surface area contributed by atoms with Crippen molar-refractivity contribution < 1.29 is 42.2 Å². The van der Waals surface area contributed by atoms with Crippen LogP contribution in [0, 0.1) is 24.0 Å². The quantitative estimate of drug-likeness (QED) is 0.0270. The van der Waals surface area contributed by atoms with Gasteiger partial charge in [0, 0.05) is 95.3 Å². The molecule has 1 aliphatic rings. The summed E-state index contributed by atoms with van der Waals surface area (Å²) in [6.07, 6.45) is 15.0.